The van der Waals surface area contributed by atoms with Gasteiger partial charge in [-0.1, -0.05) is 32.0 Å². The summed E-state index contributed by atoms with van der Waals surface area (Å²) in [6.45, 7) is 5.71. The Labute approximate surface area is 96.8 Å². The van der Waals surface area contributed by atoms with E-state index in [0.29, 0.717) is 0 Å². The maximum absolute atomic E-state index is 11.6. The molecular formula is C13H19NO2. The van der Waals surface area contributed by atoms with E-state index in [1.54, 1.807) is 7.11 Å². The molecule has 0 unspecified atom stereocenters. The summed E-state index contributed by atoms with van der Waals surface area (Å²) in [5.41, 5.74) is 0.999. The first kappa shape index (κ1) is 12.6. The minimum atomic E-state index is -0.0361. The molecule has 1 rings (SSSR count). The summed E-state index contributed by atoms with van der Waals surface area (Å²) >= 11 is 0. The van der Waals surface area contributed by atoms with Gasteiger partial charge in [0.2, 0.25) is 5.91 Å². The van der Waals surface area contributed by atoms with E-state index in [9.17, 15) is 4.79 Å². The van der Waals surface area contributed by atoms with Crippen LogP contribution in [0.5, 0.6) is 5.75 Å². The molecule has 3 nitrogen and oxygen atoms in total. The SMILES string of the molecule is COc1ccccc1[C@H](C)NC(=O)C(C)C. The van der Waals surface area contributed by atoms with Gasteiger partial charge in [-0.15, -0.1) is 0 Å². The highest BCUT2D eigenvalue weighted by Crippen LogP contribution is 2.24. The predicted molar refractivity (Wildman–Crippen MR) is 64.4 cm³/mol. The second-order valence-corrected chi connectivity index (χ2v) is 4.13. The Kier molecular flexibility index (Phi) is 4.35. The fraction of sp³-hybridized carbons (Fsp3) is 0.462. The Hall–Kier alpha value is -1.51. The lowest BCUT2D eigenvalue weighted by Gasteiger charge is -2.18. The van der Waals surface area contributed by atoms with Gasteiger partial charge in [0.15, 0.2) is 0 Å². The van der Waals surface area contributed by atoms with Gasteiger partial charge in [0.05, 0.1) is 13.2 Å². The third kappa shape index (κ3) is 2.99. The number of methoxy groups -OCH3 is 1. The molecule has 0 saturated carbocycles. The summed E-state index contributed by atoms with van der Waals surface area (Å²) in [6, 6.07) is 7.68. The summed E-state index contributed by atoms with van der Waals surface area (Å²) in [5.74, 6) is 0.856. The Morgan fingerprint density at radius 2 is 1.88 bits per heavy atom. The number of para-hydroxylation sites is 1. The van der Waals surface area contributed by atoms with Crippen molar-refractivity contribution < 1.29 is 9.53 Å². The van der Waals surface area contributed by atoms with E-state index in [2.05, 4.69) is 5.32 Å². The van der Waals surface area contributed by atoms with Crippen LogP contribution in [-0.2, 0) is 4.79 Å². The van der Waals surface area contributed by atoms with Crippen LogP contribution in [0.25, 0.3) is 0 Å². The van der Waals surface area contributed by atoms with Crippen molar-refractivity contribution in [3.8, 4) is 5.75 Å². The number of amides is 1. The molecule has 0 saturated heterocycles. The number of carbonyl (C=O) groups excluding carboxylic acids is 1. The molecular weight excluding hydrogens is 202 g/mol. The number of benzene rings is 1. The van der Waals surface area contributed by atoms with Crippen molar-refractivity contribution in [2.75, 3.05) is 7.11 Å². The Morgan fingerprint density at radius 3 is 2.44 bits per heavy atom. The maximum Gasteiger partial charge on any atom is 0.223 e. The van der Waals surface area contributed by atoms with E-state index in [-0.39, 0.29) is 17.9 Å². The van der Waals surface area contributed by atoms with Crippen LogP contribution in [-0.4, -0.2) is 13.0 Å². The topological polar surface area (TPSA) is 38.3 Å². The van der Waals surface area contributed by atoms with Crippen molar-refractivity contribution in [3.63, 3.8) is 0 Å². The largest absolute Gasteiger partial charge is 0.496 e. The quantitative estimate of drug-likeness (QED) is 0.848. The second kappa shape index (κ2) is 5.54. The molecule has 0 aliphatic rings. The Balaban J connectivity index is 2.80. The Bertz CT molecular complexity index is 361. The first-order valence-corrected chi connectivity index (χ1v) is 5.49. The summed E-state index contributed by atoms with van der Waals surface area (Å²) in [7, 11) is 1.63. The standard InChI is InChI=1S/C13H19NO2/c1-9(2)13(15)14-10(3)11-7-5-6-8-12(11)16-4/h5-10H,1-4H3,(H,14,15)/t10-/m0/s1. The molecule has 1 aromatic carbocycles. The van der Waals surface area contributed by atoms with Gasteiger partial charge in [-0.25, -0.2) is 0 Å². The van der Waals surface area contributed by atoms with E-state index >= 15 is 0 Å². The van der Waals surface area contributed by atoms with Gasteiger partial charge < -0.3 is 10.1 Å². The zero-order valence-electron chi connectivity index (χ0n) is 10.3. The lowest BCUT2D eigenvalue weighted by molar-refractivity contribution is -0.124. The number of ether oxygens (including phenoxy) is 1. The fourth-order valence-electron chi connectivity index (χ4n) is 1.48. The number of hydrogen-bond donors (Lipinski definition) is 1. The third-order valence-electron chi connectivity index (χ3n) is 2.49. The van der Waals surface area contributed by atoms with Crippen molar-refractivity contribution >= 4 is 5.91 Å². The van der Waals surface area contributed by atoms with Gasteiger partial charge in [0.25, 0.3) is 0 Å². The van der Waals surface area contributed by atoms with Gasteiger partial charge in [0, 0.05) is 11.5 Å². The molecule has 88 valence electrons. The lowest BCUT2D eigenvalue weighted by atomic mass is 10.1. The molecule has 0 bridgehead atoms. The van der Waals surface area contributed by atoms with Crippen LogP contribution in [0.3, 0.4) is 0 Å². The zero-order chi connectivity index (χ0) is 12.1. The number of hydrogen-bond acceptors (Lipinski definition) is 2. The van der Waals surface area contributed by atoms with E-state index in [1.807, 2.05) is 45.0 Å². The highest BCUT2D eigenvalue weighted by Gasteiger charge is 2.14. The molecule has 0 radical (unpaired) electrons. The third-order valence-corrected chi connectivity index (χ3v) is 2.49. The predicted octanol–water partition coefficient (Wildman–Crippen LogP) is 2.53. The lowest BCUT2D eigenvalue weighted by Crippen LogP contribution is -2.30. The smallest absolute Gasteiger partial charge is 0.223 e. The van der Waals surface area contributed by atoms with Crippen LogP contribution >= 0.6 is 0 Å². The van der Waals surface area contributed by atoms with E-state index in [1.165, 1.54) is 0 Å². The molecule has 1 N–H and O–H groups in total. The number of rotatable bonds is 4. The highest BCUT2D eigenvalue weighted by molar-refractivity contribution is 5.78. The van der Waals surface area contributed by atoms with Gasteiger partial charge in [-0.2, -0.15) is 0 Å². The minimum absolute atomic E-state index is 0.00263. The number of carbonyl (C=O) groups is 1. The van der Waals surface area contributed by atoms with Crippen molar-refractivity contribution in [2.45, 2.75) is 26.8 Å². The average Bonchev–Trinajstić information content (AvgIpc) is 2.28. The zero-order valence-corrected chi connectivity index (χ0v) is 10.3. The van der Waals surface area contributed by atoms with Crippen LogP contribution in [0.2, 0.25) is 0 Å². The van der Waals surface area contributed by atoms with Crippen molar-refractivity contribution in [1.82, 2.24) is 5.32 Å². The van der Waals surface area contributed by atoms with Crippen LogP contribution in [0.15, 0.2) is 24.3 Å². The van der Waals surface area contributed by atoms with E-state index in [4.69, 9.17) is 4.74 Å². The van der Waals surface area contributed by atoms with Crippen LogP contribution in [0, 0.1) is 5.92 Å². The average molecular weight is 221 g/mol. The molecule has 0 aliphatic heterocycles. The molecule has 1 amide bonds. The first-order valence-electron chi connectivity index (χ1n) is 5.49. The van der Waals surface area contributed by atoms with Gasteiger partial charge in [0.1, 0.15) is 5.75 Å². The van der Waals surface area contributed by atoms with Crippen molar-refractivity contribution in [2.24, 2.45) is 5.92 Å². The molecule has 0 fully saturated rings. The summed E-state index contributed by atoms with van der Waals surface area (Å²) in [5, 5.41) is 2.95. The maximum atomic E-state index is 11.6. The Morgan fingerprint density at radius 1 is 1.25 bits per heavy atom. The van der Waals surface area contributed by atoms with Crippen LogP contribution in [0.1, 0.15) is 32.4 Å². The summed E-state index contributed by atoms with van der Waals surface area (Å²) in [4.78, 5) is 11.6. The van der Waals surface area contributed by atoms with Crippen LogP contribution in [0.4, 0.5) is 0 Å². The van der Waals surface area contributed by atoms with E-state index in [0.717, 1.165) is 11.3 Å². The molecule has 0 aliphatic carbocycles. The fourth-order valence-corrected chi connectivity index (χ4v) is 1.48. The van der Waals surface area contributed by atoms with Crippen molar-refractivity contribution in [1.29, 1.82) is 0 Å². The normalized spacial score (nSPS) is 12.3. The minimum Gasteiger partial charge on any atom is -0.496 e. The van der Waals surface area contributed by atoms with Gasteiger partial charge in [-0.05, 0) is 13.0 Å². The molecule has 0 heterocycles. The summed E-state index contributed by atoms with van der Waals surface area (Å²) in [6.07, 6.45) is 0. The van der Waals surface area contributed by atoms with Gasteiger partial charge >= 0.3 is 0 Å². The van der Waals surface area contributed by atoms with Crippen molar-refractivity contribution in [3.05, 3.63) is 29.8 Å². The second-order valence-electron chi connectivity index (χ2n) is 4.13. The molecule has 3 heteroatoms. The number of nitrogens with one attached hydrogen (secondary N) is 1. The molecule has 1 aromatic rings. The molecule has 0 spiro atoms. The molecule has 1 atom stereocenters. The van der Waals surface area contributed by atoms with Crippen LogP contribution < -0.4 is 10.1 Å². The van der Waals surface area contributed by atoms with Gasteiger partial charge in [-0.3, -0.25) is 4.79 Å². The van der Waals surface area contributed by atoms with E-state index < -0.39 is 0 Å². The summed E-state index contributed by atoms with van der Waals surface area (Å²) < 4.78 is 5.26. The molecule has 0 aromatic heterocycles. The molecule has 16 heavy (non-hydrogen) atoms. The monoisotopic (exact) mass is 221 g/mol. The first-order chi connectivity index (χ1) is 7.56. The highest BCUT2D eigenvalue weighted by atomic mass is 16.5.